The number of halogens is 5. The van der Waals surface area contributed by atoms with E-state index in [9.17, 15) is 14.3 Å². The zero-order valence-electron chi connectivity index (χ0n) is 28.4. The number of ether oxygens (including phenoxy) is 1. The lowest BCUT2D eigenvalue weighted by Crippen LogP contribution is -2.61. The average molecular weight is 670 g/mol. The lowest BCUT2D eigenvalue weighted by atomic mass is 9.93. The van der Waals surface area contributed by atoms with E-state index >= 15 is 17.6 Å². The number of terminal acetylenes is 1. The maximum Gasteiger partial charge on any atom is 0.431 e. The summed E-state index contributed by atoms with van der Waals surface area (Å²) in [5.41, 5.74) is -5.95. The van der Waals surface area contributed by atoms with Crippen molar-refractivity contribution in [2.75, 3.05) is 37.6 Å². The van der Waals surface area contributed by atoms with Crippen LogP contribution in [0.5, 0.6) is 11.8 Å². The third-order valence-electron chi connectivity index (χ3n) is 9.96. The number of fused-ring (bicyclic) bond motifs is 6. The highest BCUT2D eigenvalue weighted by Crippen LogP contribution is 2.42. The standard InChI is InChI=1S/C34H31F5N6O3/c1-2-23-25(36)7-4-18-10-22(46)11-26(28(18)23)45-27(34(37,38)39)12-24-29(31(45)47)41-32(42-30(24)44-16-20-5-6-21(44)14-40-20)48-17-33-8-3-9-43(33)15-19(35)13-33/h1,4,7,10-12,19-21,40,46H,3,5-6,8-9,13-17H2/t19-,20?,21?,33+/m1/s1/i17D2,19D. The second-order valence-corrected chi connectivity index (χ2v) is 12.8. The first-order chi connectivity index (χ1) is 24.0. The number of rotatable bonds is 5. The monoisotopic (exact) mass is 669 g/mol. The zero-order valence-corrected chi connectivity index (χ0v) is 25.4. The Bertz CT molecular complexity index is 2220. The number of hydrogen-bond donors (Lipinski definition) is 2. The lowest BCUT2D eigenvalue weighted by molar-refractivity contribution is -0.142. The maximum absolute atomic E-state index is 15.1. The number of benzene rings is 2. The second kappa shape index (κ2) is 11.0. The molecule has 14 heteroatoms. The predicted octanol–water partition coefficient (Wildman–Crippen LogP) is 4.67. The third-order valence-corrected chi connectivity index (χ3v) is 9.96. The van der Waals surface area contributed by atoms with Gasteiger partial charge >= 0.3 is 12.2 Å². The van der Waals surface area contributed by atoms with Crippen LogP contribution in [-0.2, 0) is 6.18 Å². The SMILES string of the molecule is [2H]C([2H])(Oc1nc(N2CC3CCC2CN3)c2cc(C(F)(F)F)n(-c3cc(O)cc4ccc(F)c(C#C)c34)c(=O)c2n1)[C@@]12CCCN1C[C@]([2H])(F)C2. The molecule has 2 N–H and O–H groups in total. The molecular formula is C34H31F5N6O3. The van der Waals surface area contributed by atoms with E-state index < -0.39 is 76.4 Å². The number of nitrogens with one attached hydrogen (secondary N) is 1. The maximum atomic E-state index is 15.1. The first-order valence-corrected chi connectivity index (χ1v) is 15.6. The van der Waals surface area contributed by atoms with Crippen LogP contribution in [-0.4, -0.2) is 81.0 Å². The van der Waals surface area contributed by atoms with Crippen molar-refractivity contribution in [1.82, 2.24) is 24.8 Å². The Morgan fingerprint density at radius 2 is 2.06 bits per heavy atom. The van der Waals surface area contributed by atoms with E-state index in [1.165, 1.54) is 17.0 Å². The van der Waals surface area contributed by atoms with E-state index in [2.05, 4.69) is 21.2 Å². The van der Waals surface area contributed by atoms with Gasteiger partial charge in [-0.3, -0.25) is 14.3 Å². The van der Waals surface area contributed by atoms with Gasteiger partial charge in [0.25, 0.3) is 5.56 Å². The highest BCUT2D eigenvalue weighted by molar-refractivity contribution is 5.97. The van der Waals surface area contributed by atoms with Crippen LogP contribution in [0.2, 0.25) is 0 Å². The fraction of sp³-hybridized carbons (Fsp3) is 0.441. The fourth-order valence-corrected chi connectivity index (χ4v) is 7.79. The van der Waals surface area contributed by atoms with Crippen molar-refractivity contribution in [3.63, 3.8) is 0 Å². The number of pyridine rings is 1. The Morgan fingerprint density at radius 1 is 1.23 bits per heavy atom. The van der Waals surface area contributed by atoms with E-state index in [1.54, 1.807) is 4.90 Å². The fourth-order valence-electron chi connectivity index (χ4n) is 7.79. The molecule has 0 saturated carbocycles. The summed E-state index contributed by atoms with van der Waals surface area (Å²) in [6.07, 6.45) is -0.412. The van der Waals surface area contributed by atoms with Crippen LogP contribution in [0.4, 0.5) is 27.8 Å². The molecule has 48 heavy (non-hydrogen) atoms. The van der Waals surface area contributed by atoms with Crippen molar-refractivity contribution < 1.29 is 35.9 Å². The Balaban J connectivity index is 1.40. The van der Waals surface area contributed by atoms with E-state index in [4.69, 9.17) is 15.3 Å². The molecule has 0 aliphatic carbocycles. The number of piperazine rings is 1. The number of nitrogens with zero attached hydrogens (tertiary/aromatic N) is 5. The van der Waals surface area contributed by atoms with Crippen LogP contribution in [0.3, 0.4) is 0 Å². The Kier molecular flexibility index (Phi) is 6.31. The quantitative estimate of drug-likeness (QED) is 0.234. The van der Waals surface area contributed by atoms with E-state index in [1.807, 2.05) is 0 Å². The number of alkyl halides is 4. The summed E-state index contributed by atoms with van der Waals surface area (Å²) in [6, 6.07) is 4.01. The predicted molar refractivity (Wildman–Crippen MR) is 168 cm³/mol. The number of phenolic OH excluding ortho intramolecular Hbond substituents is 1. The molecule has 2 aromatic carbocycles. The smallest absolute Gasteiger partial charge is 0.431 e. The summed E-state index contributed by atoms with van der Waals surface area (Å²) in [5.74, 6) is 0.590. The number of hydrogen-bond acceptors (Lipinski definition) is 8. The average Bonchev–Trinajstić information content (AvgIpc) is 3.58. The summed E-state index contributed by atoms with van der Waals surface area (Å²) in [5, 5.41) is 13.5. The van der Waals surface area contributed by atoms with Crippen LogP contribution in [0, 0.1) is 18.2 Å². The third kappa shape index (κ3) is 4.85. The Labute approximate surface area is 275 Å². The first-order valence-electron chi connectivity index (χ1n) is 17.1. The Morgan fingerprint density at radius 3 is 2.77 bits per heavy atom. The molecule has 5 aliphatic rings. The highest BCUT2D eigenvalue weighted by Gasteiger charge is 2.49. The molecule has 250 valence electrons. The van der Waals surface area contributed by atoms with Gasteiger partial charge in [-0.1, -0.05) is 12.0 Å². The molecule has 4 atom stereocenters. The first kappa shape index (κ1) is 27.5. The van der Waals surface area contributed by atoms with Gasteiger partial charge in [-0.05, 0) is 55.8 Å². The van der Waals surface area contributed by atoms with Gasteiger partial charge in [0.15, 0.2) is 0 Å². The van der Waals surface area contributed by atoms with Gasteiger partial charge in [0.05, 0.1) is 26.3 Å². The van der Waals surface area contributed by atoms with Crippen LogP contribution < -0.4 is 20.5 Å². The van der Waals surface area contributed by atoms with Crippen LogP contribution in [0.1, 0.15) is 47.5 Å². The molecule has 0 radical (unpaired) electrons. The highest BCUT2D eigenvalue weighted by atomic mass is 19.4. The molecule has 2 unspecified atom stereocenters. The van der Waals surface area contributed by atoms with Gasteiger partial charge in [-0.25, -0.2) is 8.78 Å². The van der Waals surface area contributed by atoms with Gasteiger partial charge in [0.2, 0.25) is 0 Å². The van der Waals surface area contributed by atoms with Gasteiger partial charge in [-0.15, -0.1) is 6.42 Å². The van der Waals surface area contributed by atoms with Crippen LogP contribution in [0.15, 0.2) is 35.1 Å². The molecule has 0 amide bonds. The van der Waals surface area contributed by atoms with Crippen molar-refractivity contribution in [3.8, 4) is 29.8 Å². The lowest BCUT2D eigenvalue weighted by Gasteiger charge is -2.46. The molecule has 0 spiro atoms. The van der Waals surface area contributed by atoms with E-state index in [0.717, 1.165) is 18.6 Å². The zero-order chi connectivity index (χ0) is 36.2. The summed E-state index contributed by atoms with van der Waals surface area (Å²) in [6.45, 7) is -1.92. The number of aromatic hydroxyl groups is 1. The van der Waals surface area contributed by atoms with Crippen molar-refractivity contribution in [3.05, 3.63) is 57.8 Å². The van der Waals surface area contributed by atoms with Crippen molar-refractivity contribution in [1.29, 1.82) is 0 Å². The Hall–Kier alpha value is -4.48. The van der Waals surface area contributed by atoms with Gasteiger partial charge in [-0.2, -0.15) is 23.1 Å². The van der Waals surface area contributed by atoms with Crippen molar-refractivity contribution >= 4 is 27.5 Å². The second-order valence-electron chi connectivity index (χ2n) is 12.8. The molecule has 2 aromatic heterocycles. The van der Waals surface area contributed by atoms with Gasteiger partial charge < -0.3 is 20.1 Å². The summed E-state index contributed by atoms with van der Waals surface area (Å²) in [7, 11) is 0. The molecule has 2 bridgehead atoms. The minimum absolute atomic E-state index is 0.0341. The number of aromatic nitrogens is 3. The largest absolute Gasteiger partial charge is 0.508 e. The number of anilines is 1. The normalized spacial score (nSPS) is 28.3. The summed E-state index contributed by atoms with van der Waals surface area (Å²) >= 11 is 0. The minimum atomic E-state index is -5.18. The number of phenols is 1. The summed E-state index contributed by atoms with van der Waals surface area (Å²) < 4.78 is 107. The molecule has 5 saturated heterocycles. The molecule has 4 aromatic rings. The van der Waals surface area contributed by atoms with Gasteiger partial charge in [0.1, 0.15) is 41.3 Å². The van der Waals surface area contributed by atoms with Crippen molar-refractivity contribution in [2.24, 2.45) is 0 Å². The van der Waals surface area contributed by atoms with Crippen LogP contribution >= 0.6 is 0 Å². The minimum Gasteiger partial charge on any atom is -0.508 e. The number of piperidine rings is 2. The topological polar surface area (TPSA) is 95.8 Å². The molecule has 7 heterocycles. The molecular weight excluding hydrogens is 635 g/mol. The molecule has 9 rings (SSSR count). The van der Waals surface area contributed by atoms with Crippen molar-refractivity contribution in [2.45, 2.75) is 62.1 Å². The molecule has 9 nitrogen and oxygen atoms in total. The van der Waals surface area contributed by atoms with Gasteiger partial charge in [0, 0.05) is 49.6 Å². The van der Waals surface area contributed by atoms with E-state index in [-0.39, 0.29) is 51.6 Å². The van der Waals surface area contributed by atoms with E-state index in [0.29, 0.717) is 38.5 Å². The van der Waals surface area contributed by atoms with Crippen LogP contribution in [0.25, 0.3) is 27.4 Å². The summed E-state index contributed by atoms with van der Waals surface area (Å²) in [4.78, 5) is 26.5. The molecule has 5 fully saturated rings. The molecule has 5 aliphatic heterocycles.